The minimum atomic E-state index is -0.462. The molecule has 1 heterocycles. The van der Waals surface area contributed by atoms with Crippen molar-refractivity contribution in [3.8, 4) is 11.5 Å². The van der Waals surface area contributed by atoms with Crippen molar-refractivity contribution in [1.29, 1.82) is 0 Å². The molecule has 2 aromatic carbocycles. The van der Waals surface area contributed by atoms with Gasteiger partial charge in [-0.15, -0.1) is 0 Å². The molecule has 1 aliphatic heterocycles. The number of anilines is 1. The Kier molecular flexibility index (Phi) is 8.58. The summed E-state index contributed by atoms with van der Waals surface area (Å²) in [6.07, 6.45) is 1.73. The predicted molar refractivity (Wildman–Crippen MR) is 135 cm³/mol. The third kappa shape index (κ3) is 5.83. The van der Waals surface area contributed by atoms with Crippen molar-refractivity contribution in [2.45, 2.75) is 13.8 Å². The molecule has 32 heavy (non-hydrogen) atoms. The molecule has 0 saturated carbocycles. The van der Waals surface area contributed by atoms with Crippen molar-refractivity contribution in [1.82, 2.24) is 0 Å². The molecule has 0 unspecified atom stereocenters. The van der Waals surface area contributed by atoms with Gasteiger partial charge in [0.1, 0.15) is 0 Å². The van der Waals surface area contributed by atoms with E-state index in [-0.39, 0.29) is 19.1 Å². The van der Waals surface area contributed by atoms with E-state index < -0.39 is 5.97 Å². The first kappa shape index (κ1) is 24.6. The summed E-state index contributed by atoms with van der Waals surface area (Å²) in [5.74, 6) is 0.171. The molecule has 0 aliphatic carbocycles. The molecule has 0 spiro atoms. The molecule has 1 saturated heterocycles. The Bertz CT molecular complexity index is 1090. The van der Waals surface area contributed by atoms with Gasteiger partial charge >= 0.3 is 5.97 Å². The predicted octanol–water partition coefficient (Wildman–Crippen LogP) is 5.85. The van der Waals surface area contributed by atoms with Gasteiger partial charge in [-0.3, -0.25) is 9.69 Å². The topological polar surface area (TPSA) is 65.1 Å². The fraction of sp³-hybridized carbons (Fsp3) is 0.227. The molecular formula is C22H19BrClNO5S2. The second kappa shape index (κ2) is 11.2. The minimum absolute atomic E-state index is 0.221. The van der Waals surface area contributed by atoms with E-state index in [4.69, 9.17) is 38.0 Å². The summed E-state index contributed by atoms with van der Waals surface area (Å²) in [7, 11) is 0. The third-order valence-corrected chi connectivity index (χ3v) is 6.71. The quantitative estimate of drug-likeness (QED) is 0.230. The number of carbonyl (C=O) groups excluding carboxylic acids is 2. The van der Waals surface area contributed by atoms with Gasteiger partial charge in [-0.05, 0) is 71.7 Å². The molecule has 3 rings (SSSR count). The van der Waals surface area contributed by atoms with Gasteiger partial charge in [0.25, 0.3) is 5.91 Å². The van der Waals surface area contributed by atoms with Crippen LogP contribution in [-0.2, 0) is 14.3 Å². The van der Waals surface area contributed by atoms with Crippen LogP contribution in [0.3, 0.4) is 0 Å². The van der Waals surface area contributed by atoms with Crippen LogP contribution in [-0.4, -0.2) is 36.0 Å². The summed E-state index contributed by atoms with van der Waals surface area (Å²) in [4.78, 5) is 26.5. The lowest BCUT2D eigenvalue weighted by molar-refractivity contribution is -0.145. The van der Waals surface area contributed by atoms with Crippen molar-refractivity contribution >= 4 is 79.5 Å². The summed E-state index contributed by atoms with van der Waals surface area (Å²) in [5.41, 5.74) is 1.33. The maximum absolute atomic E-state index is 13.0. The van der Waals surface area contributed by atoms with Crippen molar-refractivity contribution in [2.75, 3.05) is 24.7 Å². The molecule has 0 radical (unpaired) electrons. The van der Waals surface area contributed by atoms with Crippen LogP contribution in [0.5, 0.6) is 11.5 Å². The third-order valence-electron chi connectivity index (χ3n) is 4.17. The van der Waals surface area contributed by atoms with Crippen molar-refractivity contribution in [3.63, 3.8) is 0 Å². The first-order chi connectivity index (χ1) is 15.3. The molecule has 0 bridgehead atoms. The lowest BCUT2D eigenvalue weighted by atomic mass is 10.1. The highest BCUT2D eigenvalue weighted by atomic mass is 79.9. The van der Waals surface area contributed by atoms with Gasteiger partial charge in [-0.1, -0.05) is 41.6 Å². The monoisotopic (exact) mass is 555 g/mol. The van der Waals surface area contributed by atoms with Crippen LogP contribution in [0, 0.1) is 0 Å². The Hall–Kier alpha value is -2.07. The number of esters is 1. The second-order valence-corrected chi connectivity index (χ2v) is 9.29. The maximum atomic E-state index is 13.0. The van der Waals surface area contributed by atoms with Gasteiger partial charge in [0.05, 0.1) is 28.8 Å². The largest absolute Gasteiger partial charge is 0.490 e. The zero-order valence-electron chi connectivity index (χ0n) is 17.2. The Morgan fingerprint density at radius 3 is 2.62 bits per heavy atom. The number of benzene rings is 2. The summed E-state index contributed by atoms with van der Waals surface area (Å²) >= 11 is 16.1. The van der Waals surface area contributed by atoms with Crippen molar-refractivity contribution in [2.24, 2.45) is 0 Å². The van der Waals surface area contributed by atoms with Gasteiger partial charge in [0.15, 0.2) is 22.4 Å². The van der Waals surface area contributed by atoms with Crippen molar-refractivity contribution < 1.29 is 23.8 Å². The number of nitrogens with zero attached hydrogens (tertiary/aromatic N) is 1. The standard InChI is InChI=1S/C22H19BrClNO5S2/c1-3-28-18-9-13(5-8-17(18)30-12-20(26)29-4-2)10-19-21(27)25(22(31)32-19)14-6-7-15(23)16(24)11-14/h5-11H,3-4,12H2,1-2H3/b19-10-. The van der Waals surface area contributed by atoms with E-state index in [1.54, 1.807) is 49.4 Å². The van der Waals surface area contributed by atoms with Crippen LogP contribution < -0.4 is 14.4 Å². The van der Waals surface area contributed by atoms with Gasteiger partial charge < -0.3 is 14.2 Å². The van der Waals surface area contributed by atoms with E-state index in [1.807, 2.05) is 6.92 Å². The smallest absolute Gasteiger partial charge is 0.344 e. The van der Waals surface area contributed by atoms with Crippen LogP contribution in [0.25, 0.3) is 6.08 Å². The van der Waals surface area contributed by atoms with Gasteiger partial charge in [-0.25, -0.2) is 4.79 Å². The normalized spacial score (nSPS) is 14.8. The highest BCUT2D eigenvalue weighted by Crippen LogP contribution is 2.39. The molecule has 0 N–H and O–H groups in total. The Morgan fingerprint density at radius 2 is 1.94 bits per heavy atom. The highest BCUT2D eigenvalue weighted by molar-refractivity contribution is 9.10. The molecule has 1 aliphatic rings. The van der Waals surface area contributed by atoms with E-state index in [1.165, 1.54) is 16.7 Å². The molecule has 6 nitrogen and oxygen atoms in total. The molecular weight excluding hydrogens is 538 g/mol. The molecule has 1 amide bonds. The van der Waals surface area contributed by atoms with E-state index in [2.05, 4.69) is 15.9 Å². The van der Waals surface area contributed by atoms with Crippen LogP contribution >= 0.6 is 51.5 Å². The first-order valence-corrected chi connectivity index (χ1v) is 12.0. The van der Waals surface area contributed by atoms with Crippen LogP contribution in [0.15, 0.2) is 45.8 Å². The molecule has 1 fully saturated rings. The fourth-order valence-electron chi connectivity index (χ4n) is 2.81. The number of ether oxygens (including phenoxy) is 3. The molecule has 168 valence electrons. The molecule has 2 aromatic rings. The van der Waals surface area contributed by atoms with Gasteiger partial charge in [0.2, 0.25) is 0 Å². The number of hydrogen-bond donors (Lipinski definition) is 0. The van der Waals surface area contributed by atoms with Gasteiger partial charge in [0, 0.05) is 4.47 Å². The van der Waals surface area contributed by atoms with Crippen LogP contribution in [0.1, 0.15) is 19.4 Å². The lowest BCUT2D eigenvalue weighted by Crippen LogP contribution is -2.27. The molecule has 10 heteroatoms. The second-order valence-electron chi connectivity index (χ2n) is 6.35. The number of carbonyl (C=O) groups is 2. The Morgan fingerprint density at radius 1 is 1.16 bits per heavy atom. The van der Waals surface area contributed by atoms with E-state index in [0.717, 1.165) is 10.0 Å². The fourth-order valence-corrected chi connectivity index (χ4v) is 4.53. The number of amides is 1. The summed E-state index contributed by atoms with van der Waals surface area (Å²) in [5, 5.41) is 0.486. The SMILES string of the molecule is CCOC(=O)COc1ccc(/C=C2\SC(=S)N(c3ccc(Br)c(Cl)c3)C2=O)cc1OCC. The Balaban J connectivity index is 1.83. The minimum Gasteiger partial charge on any atom is -0.490 e. The maximum Gasteiger partial charge on any atom is 0.344 e. The number of thioether (sulfide) groups is 1. The first-order valence-electron chi connectivity index (χ1n) is 9.62. The van der Waals surface area contributed by atoms with Crippen molar-refractivity contribution in [3.05, 3.63) is 56.4 Å². The number of rotatable bonds is 8. The highest BCUT2D eigenvalue weighted by Gasteiger charge is 2.33. The summed E-state index contributed by atoms with van der Waals surface area (Å²) in [6, 6.07) is 10.4. The average Bonchev–Trinajstić information content (AvgIpc) is 3.03. The van der Waals surface area contributed by atoms with E-state index in [0.29, 0.717) is 38.0 Å². The summed E-state index contributed by atoms with van der Waals surface area (Å²) < 4.78 is 17.2. The molecule has 0 atom stereocenters. The number of hydrogen-bond acceptors (Lipinski definition) is 7. The zero-order chi connectivity index (χ0) is 23.3. The average molecular weight is 557 g/mol. The van der Waals surface area contributed by atoms with Gasteiger partial charge in [-0.2, -0.15) is 0 Å². The number of thiocarbonyl (C=S) groups is 1. The van der Waals surface area contributed by atoms with Crippen LogP contribution in [0.4, 0.5) is 5.69 Å². The van der Waals surface area contributed by atoms with Crippen LogP contribution in [0.2, 0.25) is 5.02 Å². The van der Waals surface area contributed by atoms with E-state index >= 15 is 0 Å². The van der Waals surface area contributed by atoms with E-state index in [9.17, 15) is 9.59 Å². The number of halogens is 2. The lowest BCUT2D eigenvalue weighted by Gasteiger charge is -2.15. The summed E-state index contributed by atoms with van der Waals surface area (Å²) in [6.45, 7) is 4.04. The molecule has 0 aromatic heterocycles. The zero-order valence-corrected chi connectivity index (χ0v) is 21.2. The Labute approximate surface area is 209 Å².